The summed E-state index contributed by atoms with van der Waals surface area (Å²) in [5.41, 5.74) is 3.26. The Labute approximate surface area is 175 Å². The van der Waals surface area contributed by atoms with E-state index >= 15 is 0 Å². The minimum Gasteiger partial charge on any atom is -0.352 e. The number of nitrogens with zero attached hydrogens (tertiary/aromatic N) is 2. The molecule has 158 valence electrons. The normalized spacial score (nSPS) is 10.9. The molecule has 6 nitrogen and oxygen atoms in total. The van der Waals surface area contributed by atoms with Gasteiger partial charge in [0.15, 0.2) is 0 Å². The second-order valence-corrected chi connectivity index (χ2v) is 7.41. The zero-order chi connectivity index (χ0) is 21.7. The average molecular weight is 410 g/mol. The molecule has 3 rings (SSSR count). The first kappa shape index (κ1) is 21.5. The van der Waals surface area contributed by atoms with Gasteiger partial charge in [-0.25, -0.2) is 9.37 Å². The minimum absolute atomic E-state index is 0.00242. The lowest BCUT2D eigenvalue weighted by molar-refractivity contribution is -0.116. The van der Waals surface area contributed by atoms with Crippen molar-refractivity contribution in [1.29, 1.82) is 0 Å². The quantitative estimate of drug-likeness (QED) is 0.586. The zero-order valence-corrected chi connectivity index (χ0v) is 17.6. The number of carbonyl (C=O) groups excluding carboxylic acids is 2. The average Bonchev–Trinajstić information content (AvgIpc) is 3.03. The molecule has 1 heterocycles. The van der Waals surface area contributed by atoms with Crippen LogP contribution in [-0.4, -0.2) is 27.9 Å². The SMILES string of the molecule is CCCCC(=O)Nc1ccc2c(c1)nc(CCNC(=O)c1ccc(C)c(F)c1)n2C. The van der Waals surface area contributed by atoms with E-state index in [-0.39, 0.29) is 11.8 Å². The van der Waals surface area contributed by atoms with Gasteiger partial charge in [-0.1, -0.05) is 19.4 Å². The molecule has 0 radical (unpaired) electrons. The van der Waals surface area contributed by atoms with Crippen molar-refractivity contribution in [3.63, 3.8) is 0 Å². The molecule has 2 N–H and O–H groups in total. The molecule has 0 saturated heterocycles. The number of aryl methyl sites for hydroxylation is 2. The Morgan fingerprint density at radius 1 is 1.17 bits per heavy atom. The van der Waals surface area contributed by atoms with E-state index in [9.17, 15) is 14.0 Å². The van der Waals surface area contributed by atoms with Crippen LogP contribution in [-0.2, 0) is 18.3 Å². The van der Waals surface area contributed by atoms with E-state index in [0.29, 0.717) is 30.5 Å². The van der Waals surface area contributed by atoms with Crippen LogP contribution < -0.4 is 10.6 Å². The van der Waals surface area contributed by atoms with Crippen LogP contribution in [0.25, 0.3) is 11.0 Å². The van der Waals surface area contributed by atoms with E-state index in [0.717, 1.165) is 35.4 Å². The number of amides is 2. The second-order valence-electron chi connectivity index (χ2n) is 7.41. The summed E-state index contributed by atoms with van der Waals surface area (Å²) in [6.45, 7) is 4.09. The number of hydrogen-bond acceptors (Lipinski definition) is 3. The molecule has 0 aliphatic rings. The third kappa shape index (κ3) is 5.03. The van der Waals surface area contributed by atoms with E-state index in [1.165, 1.54) is 6.07 Å². The number of unbranched alkanes of at least 4 members (excludes halogenated alkanes) is 1. The predicted molar refractivity (Wildman–Crippen MR) is 116 cm³/mol. The molecule has 2 amide bonds. The van der Waals surface area contributed by atoms with E-state index < -0.39 is 5.82 Å². The third-order valence-corrected chi connectivity index (χ3v) is 5.08. The molecule has 0 aliphatic carbocycles. The highest BCUT2D eigenvalue weighted by atomic mass is 19.1. The molecular weight excluding hydrogens is 383 g/mol. The predicted octanol–water partition coefficient (Wildman–Crippen LogP) is 4.12. The van der Waals surface area contributed by atoms with Gasteiger partial charge in [-0.15, -0.1) is 0 Å². The number of anilines is 1. The summed E-state index contributed by atoms with van der Waals surface area (Å²) in [6, 6.07) is 10.1. The first-order valence-corrected chi connectivity index (χ1v) is 10.2. The van der Waals surface area contributed by atoms with E-state index in [2.05, 4.69) is 22.5 Å². The van der Waals surface area contributed by atoms with Crippen LogP contribution in [0.3, 0.4) is 0 Å². The molecule has 0 fully saturated rings. The summed E-state index contributed by atoms with van der Waals surface area (Å²) in [4.78, 5) is 28.8. The number of fused-ring (bicyclic) bond motifs is 1. The topological polar surface area (TPSA) is 76.0 Å². The summed E-state index contributed by atoms with van der Waals surface area (Å²) in [6.07, 6.45) is 2.88. The zero-order valence-electron chi connectivity index (χ0n) is 17.6. The van der Waals surface area contributed by atoms with Crippen molar-refractivity contribution in [2.24, 2.45) is 7.05 Å². The lowest BCUT2D eigenvalue weighted by Crippen LogP contribution is -2.26. The molecule has 0 unspecified atom stereocenters. The van der Waals surface area contributed by atoms with Crippen LogP contribution in [0.15, 0.2) is 36.4 Å². The molecule has 0 spiro atoms. The van der Waals surface area contributed by atoms with Crippen LogP contribution in [0.5, 0.6) is 0 Å². The van der Waals surface area contributed by atoms with Gasteiger partial charge in [-0.2, -0.15) is 0 Å². The van der Waals surface area contributed by atoms with Crippen LogP contribution in [0.4, 0.5) is 10.1 Å². The maximum Gasteiger partial charge on any atom is 0.251 e. The highest BCUT2D eigenvalue weighted by Gasteiger charge is 2.11. The highest BCUT2D eigenvalue weighted by Crippen LogP contribution is 2.20. The molecule has 3 aromatic rings. The number of hydrogen-bond donors (Lipinski definition) is 2. The standard InChI is InChI=1S/C23H27FN4O2/c1-4-5-6-22(29)26-17-9-10-20-19(14-17)27-21(28(20)3)11-12-25-23(30)16-8-7-15(2)18(24)13-16/h7-10,13-14H,4-6,11-12H2,1-3H3,(H,25,30)(H,26,29). The Kier molecular flexibility index (Phi) is 6.82. The summed E-state index contributed by atoms with van der Waals surface area (Å²) in [5.74, 6) is 0.109. The van der Waals surface area contributed by atoms with Crippen molar-refractivity contribution < 1.29 is 14.0 Å². The van der Waals surface area contributed by atoms with E-state index in [1.54, 1.807) is 19.1 Å². The van der Waals surface area contributed by atoms with Gasteiger partial charge in [0, 0.05) is 37.7 Å². The number of nitrogens with one attached hydrogen (secondary N) is 2. The van der Waals surface area contributed by atoms with Gasteiger partial charge in [0.2, 0.25) is 5.91 Å². The Morgan fingerprint density at radius 3 is 2.70 bits per heavy atom. The molecule has 0 bridgehead atoms. The number of carbonyl (C=O) groups is 2. The Hall–Kier alpha value is -3.22. The second kappa shape index (κ2) is 9.52. The number of imidazole rings is 1. The van der Waals surface area contributed by atoms with Gasteiger partial charge in [-0.3, -0.25) is 9.59 Å². The number of benzene rings is 2. The molecule has 30 heavy (non-hydrogen) atoms. The molecule has 7 heteroatoms. The van der Waals surface area contributed by atoms with Gasteiger partial charge in [-0.05, 0) is 49.2 Å². The summed E-state index contributed by atoms with van der Waals surface area (Å²) >= 11 is 0. The van der Waals surface area contributed by atoms with Gasteiger partial charge < -0.3 is 15.2 Å². The Balaban J connectivity index is 1.63. The van der Waals surface area contributed by atoms with Gasteiger partial charge in [0.1, 0.15) is 11.6 Å². The fourth-order valence-corrected chi connectivity index (χ4v) is 3.24. The number of halogens is 1. The smallest absolute Gasteiger partial charge is 0.251 e. The van der Waals surface area contributed by atoms with Crippen molar-refractivity contribution >= 4 is 28.5 Å². The lowest BCUT2D eigenvalue weighted by atomic mass is 10.1. The van der Waals surface area contributed by atoms with E-state index in [1.807, 2.05) is 29.8 Å². The van der Waals surface area contributed by atoms with Gasteiger partial charge in [0.05, 0.1) is 11.0 Å². The first-order valence-electron chi connectivity index (χ1n) is 10.2. The molecular formula is C23H27FN4O2. The van der Waals surface area contributed by atoms with Gasteiger partial charge in [0.25, 0.3) is 5.91 Å². The van der Waals surface area contributed by atoms with Gasteiger partial charge >= 0.3 is 0 Å². The highest BCUT2D eigenvalue weighted by molar-refractivity contribution is 5.94. The third-order valence-electron chi connectivity index (χ3n) is 5.08. The van der Waals surface area contributed by atoms with Crippen molar-refractivity contribution in [1.82, 2.24) is 14.9 Å². The van der Waals surface area contributed by atoms with Crippen molar-refractivity contribution in [3.8, 4) is 0 Å². The molecule has 0 atom stereocenters. The summed E-state index contributed by atoms with van der Waals surface area (Å²) in [5, 5.41) is 5.71. The van der Waals surface area contributed by atoms with E-state index in [4.69, 9.17) is 0 Å². The summed E-state index contributed by atoms with van der Waals surface area (Å²) in [7, 11) is 1.92. The molecule has 1 aromatic heterocycles. The monoisotopic (exact) mass is 410 g/mol. The van der Waals surface area contributed by atoms with Crippen LogP contribution in [0, 0.1) is 12.7 Å². The largest absolute Gasteiger partial charge is 0.352 e. The maximum absolute atomic E-state index is 13.7. The number of aromatic nitrogens is 2. The molecule has 0 aliphatic heterocycles. The van der Waals surface area contributed by atoms with Crippen molar-refractivity contribution in [3.05, 3.63) is 59.2 Å². The van der Waals surface area contributed by atoms with Crippen LogP contribution in [0.1, 0.15) is 47.9 Å². The Morgan fingerprint density at radius 2 is 1.97 bits per heavy atom. The van der Waals surface area contributed by atoms with Crippen molar-refractivity contribution in [2.45, 2.75) is 39.5 Å². The van der Waals surface area contributed by atoms with Crippen LogP contribution in [0.2, 0.25) is 0 Å². The van der Waals surface area contributed by atoms with Crippen LogP contribution >= 0.6 is 0 Å². The Bertz CT molecular complexity index is 1070. The molecule has 0 saturated carbocycles. The maximum atomic E-state index is 13.7. The lowest BCUT2D eigenvalue weighted by Gasteiger charge is -2.07. The fourth-order valence-electron chi connectivity index (χ4n) is 3.24. The fraction of sp³-hybridized carbons (Fsp3) is 0.348. The minimum atomic E-state index is -0.393. The summed E-state index contributed by atoms with van der Waals surface area (Å²) < 4.78 is 15.6. The van der Waals surface area contributed by atoms with Crippen molar-refractivity contribution in [2.75, 3.05) is 11.9 Å². The number of rotatable bonds is 8. The molecule has 2 aromatic carbocycles. The first-order chi connectivity index (χ1) is 14.4.